The van der Waals surface area contributed by atoms with Gasteiger partial charge < -0.3 is 14.9 Å². The normalized spacial score (nSPS) is 13.1. The van der Waals surface area contributed by atoms with Crippen molar-refractivity contribution in [2.75, 3.05) is 18.8 Å². The molecule has 0 saturated heterocycles. The second-order valence-electron chi connectivity index (χ2n) is 2.96. The summed E-state index contributed by atoms with van der Waals surface area (Å²) in [4.78, 5) is 4.07. The van der Waals surface area contributed by atoms with Gasteiger partial charge >= 0.3 is 0 Å². The van der Waals surface area contributed by atoms with Crippen molar-refractivity contribution in [1.82, 2.24) is 4.98 Å². The number of methoxy groups -OCH3 is 1. The van der Waals surface area contributed by atoms with Crippen LogP contribution in [0.2, 0.25) is 0 Å². The van der Waals surface area contributed by atoms with Gasteiger partial charge in [0.1, 0.15) is 22.3 Å². The molecule has 2 N–H and O–H groups in total. The van der Waals surface area contributed by atoms with Crippen molar-refractivity contribution in [2.24, 2.45) is 0 Å². The molecular weight excluding hydrogens is 216 g/mol. The molecule has 0 amide bonds. The topological polar surface area (TPSA) is 78.3 Å². The first-order valence-electron chi connectivity index (χ1n) is 4.24. The molecule has 1 unspecified atom stereocenters. The number of ether oxygens (including phenoxy) is 1. The van der Waals surface area contributed by atoms with Crippen LogP contribution in [0.15, 0.2) is 27.8 Å². The van der Waals surface area contributed by atoms with Gasteiger partial charge in [-0.05, 0) is 18.2 Å². The molecule has 0 aliphatic rings. The van der Waals surface area contributed by atoms with E-state index in [-0.39, 0.29) is 11.2 Å². The van der Waals surface area contributed by atoms with Crippen molar-refractivity contribution in [2.45, 2.75) is 5.22 Å². The van der Waals surface area contributed by atoms with Gasteiger partial charge in [0.25, 0.3) is 5.22 Å². The lowest BCUT2D eigenvalue weighted by Gasteiger charge is -1.92. The molecule has 0 aliphatic carbocycles. The maximum atomic E-state index is 11.5. The average molecular weight is 226 g/mol. The van der Waals surface area contributed by atoms with E-state index in [1.54, 1.807) is 18.2 Å². The third kappa shape index (κ3) is 2.00. The number of benzene rings is 1. The van der Waals surface area contributed by atoms with Crippen LogP contribution in [0.1, 0.15) is 0 Å². The molecule has 6 heteroatoms. The quantitative estimate of drug-likeness (QED) is 0.793. The van der Waals surface area contributed by atoms with Crippen molar-refractivity contribution < 1.29 is 13.4 Å². The van der Waals surface area contributed by atoms with Gasteiger partial charge in [0.05, 0.1) is 0 Å². The number of fused-ring (bicyclic) bond motifs is 1. The fraction of sp³-hybridized carbons (Fsp3) is 0.222. The number of hydrogen-bond acceptors (Lipinski definition) is 5. The van der Waals surface area contributed by atoms with Crippen LogP contribution in [0.4, 0.5) is 5.69 Å². The Morgan fingerprint density at radius 2 is 2.40 bits per heavy atom. The zero-order valence-corrected chi connectivity index (χ0v) is 8.91. The zero-order valence-electron chi connectivity index (χ0n) is 8.10. The van der Waals surface area contributed by atoms with Crippen molar-refractivity contribution >= 4 is 27.6 Å². The van der Waals surface area contributed by atoms with E-state index in [1.165, 1.54) is 7.11 Å². The summed E-state index contributed by atoms with van der Waals surface area (Å²) in [5.74, 6) is 0.0717. The third-order valence-corrected chi connectivity index (χ3v) is 2.83. The Labute approximate surface area is 88.7 Å². The highest BCUT2D eigenvalue weighted by Gasteiger charge is 2.12. The Bertz CT molecular complexity index is 509. The first-order chi connectivity index (χ1) is 7.20. The van der Waals surface area contributed by atoms with Gasteiger partial charge in [-0.15, -0.1) is 0 Å². The highest BCUT2D eigenvalue weighted by molar-refractivity contribution is 7.84. The number of rotatable bonds is 3. The van der Waals surface area contributed by atoms with E-state index in [0.29, 0.717) is 16.8 Å². The molecule has 1 heterocycles. The molecule has 2 rings (SSSR count). The van der Waals surface area contributed by atoms with Gasteiger partial charge in [-0.25, -0.2) is 9.19 Å². The fourth-order valence-corrected chi connectivity index (χ4v) is 1.88. The van der Waals surface area contributed by atoms with Crippen LogP contribution in [0.3, 0.4) is 0 Å². The van der Waals surface area contributed by atoms with Crippen molar-refractivity contribution in [3.8, 4) is 0 Å². The smallest absolute Gasteiger partial charge is 0.290 e. The van der Waals surface area contributed by atoms with E-state index in [2.05, 4.69) is 4.98 Å². The molecule has 0 bridgehead atoms. The average Bonchev–Trinajstić information content (AvgIpc) is 2.60. The maximum Gasteiger partial charge on any atom is 0.290 e. The summed E-state index contributed by atoms with van der Waals surface area (Å²) < 4.78 is 21.5. The van der Waals surface area contributed by atoms with Gasteiger partial charge in [0, 0.05) is 12.8 Å². The Morgan fingerprint density at radius 1 is 1.60 bits per heavy atom. The van der Waals surface area contributed by atoms with Crippen LogP contribution in [0, 0.1) is 0 Å². The molecule has 1 aromatic carbocycles. The van der Waals surface area contributed by atoms with Crippen LogP contribution < -0.4 is 5.73 Å². The Morgan fingerprint density at radius 3 is 3.13 bits per heavy atom. The SMILES string of the molecule is COCS(=O)c1nc2cc(N)ccc2o1. The number of nitrogens with zero attached hydrogens (tertiary/aromatic N) is 1. The lowest BCUT2D eigenvalue weighted by molar-refractivity contribution is 0.252. The molecule has 80 valence electrons. The fourth-order valence-electron chi connectivity index (χ4n) is 1.18. The highest BCUT2D eigenvalue weighted by Crippen LogP contribution is 2.20. The molecule has 2 aromatic rings. The first kappa shape index (κ1) is 10.1. The lowest BCUT2D eigenvalue weighted by Crippen LogP contribution is -1.99. The van der Waals surface area contributed by atoms with E-state index in [9.17, 15) is 4.21 Å². The number of oxazole rings is 1. The summed E-state index contributed by atoms with van der Waals surface area (Å²) in [6.07, 6.45) is 0. The number of nitrogens with two attached hydrogens (primary N) is 1. The number of anilines is 1. The second-order valence-corrected chi connectivity index (χ2v) is 4.23. The molecule has 1 aromatic heterocycles. The Kier molecular flexibility index (Phi) is 2.70. The predicted molar refractivity (Wildman–Crippen MR) is 56.7 cm³/mol. The highest BCUT2D eigenvalue weighted by atomic mass is 32.2. The van der Waals surface area contributed by atoms with Gasteiger partial charge in [0.2, 0.25) is 0 Å². The van der Waals surface area contributed by atoms with Crippen LogP contribution >= 0.6 is 0 Å². The largest absolute Gasteiger partial charge is 0.430 e. The molecule has 0 radical (unpaired) electrons. The predicted octanol–water partition coefficient (Wildman–Crippen LogP) is 1.12. The van der Waals surface area contributed by atoms with Crippen LogP contribution in [-0.4, -0.2) is 22.2 Å². The van der Waals surface area contributed by atoms with E-state index in [1.807, 2.05) is 0 Å². The molecule has 5 nitrogen and oxygen atoms in total. The number of aromatic nitrogens is 1. The molecular formula is C9H10N2O3S. The number of nitrogen functional groups attached to an aromatic ring is 1. The lowest BCUT2D eigenvalue weighted by atomic mass is 10.3. The molecule has 0 aliphatic heterocycles. The minimum atomic E-state index is -1.36. The van der Waals surface area contributed by atoms with Crippen LogP contribution in [0.25, 0.3) is 11.1 Å². The third-order valence-electron chi connectivity index (χ3n) is 1.81. The van der Waals surface area contributed by atoms with E-state index >= 15 is 0 Å². The zero-order chi connectivity index (χ0) is 10.8. The standard InChI is InChI=1S/C9H10N2O3S/c1-13-5-15(12)9-11-7-4-6(10)2-3-8(7)14-9/h2-4H,5,10H2,1H3. The van der Waals surface area contributed by atoms with Crippen molar-refractivity contribution in [1.29, 1.82) is 0 Å². The Balaban J connectivity index is 2.42. The summed E-state index contributed by atoms with van der Waals surface area (Å²) in [6, 6.07) is 5.08. The summed E-state index contributed by atoms with van der Waals surface area (Å²) in [5, 5.41) is 0.164. The molecule has 0 fully saturated rings. The van der Waals surface area contributed by atoms with Gasteiger partial charge in [-0.2, -0.15) is 0 Å². The monoisotopic (exact) mass is 226 g/mol. The molecule has 15 heavy (non-hydrogen) atoms. The van der Waals surface area contributed by atoms with E-state index in [4.69, 9.17) is 14.9 Å². The minimum absolute atomic E-state index is 0.0717. The van der Waals surface area contributed by atoms with Gasteiger partial charge in [0.15, 0.2) is 5.58 Å². The van der Waals surface area contributed by atoms with Crippen molar-refractivity contribution in [3.05, 3.63) is 18.2 Å². The summed E-state index contributed by atoms with van der Waals surface area (Å²) >= 11 is 0. The van der Waals surface area contributed by atoms with E-state index < -0.39 is 10.8 Å². The molecule has 1 atom stereocenters. The minimum Gasteiger partial charge on any atom is -0.430 e. The van der Waals surface area contributed by atoms with E-state index in [0.717, 1.165) is 0 Å². The van der Waals surface area contributed by atoms with Crippen LogP contribution in [-0.2, 0) is 15.5 Å². The molecule has 0 saturated carbocycles. The van der Waals surface area contributed by atoms with Gasteiger partial charge in [-0.1, -0.05) is 0 Å². The summed E-state index contributed by atoms with van der Waals surface area (Å²) in [6.45, 7) is 0. The summed E-state index contributed by atoms with van der Waals surface area (Å²) in [7, 11) is 0.107. The number of hydrogen-bond donors (Lipinski definition) is 1. The van der Waals surface area contributed by atoms with Crippen LogP contribution in [0.5, 0.6) is 0 Å². The molecule has 0 spiro atoms. The second kappa shape index (κ2) is 4.00. The summed E-state index contributed by atoms with van der Waals surface area (Å²) in [5.41, 5.74) is 7.36. The van der Waals surface area contributed by atoms with Gasteiger partial charge in [-0.3, -0.25) is 0 Å². The van der Waals surface area contributed by atoms with Crippen molar-refractivity contribution in [3.63, 3.8) is 0 Å². The maximum absolute atomic E-state index is 11.5. The Hall–Kier alpha value is -1.40. The first-order valence-corrected chi connectivity index (χ1v) is 5.56.